The fraction of sp³-hybridized carbons (Fsp3) is 0.143. The van der Waals surface area contributed by atoms with Gasteiger partial charge in [0, 0.05) is 12.2 Å². The molecular weight excluding hydrogens is 168 g/mol. The van der Waals surface area contributed by atoms with Crippen LogP contribution in [0.15, 0.2) is 22.9 Å². The highest BCUT2D eigenvalue weighted by molar-refractivity contribution is 6.42. The second-order valence-corrected chi connectivity index (χ2v) is 2.45. The third-order valence-electron chi connectivity index (χ3n) is 1.02. The molecule has 0 N–H and O–H groups in total. The van der Waals surface area contributed by atoms with E-state index in [2.05, 4.69) is 4.74 Å². The average molecular weight is 173 g/mol. The van der Waals surface area contributed by atoms with Gasteiger partial charge >= 0.3 is 5.97 Å². The van der Waals surface area contributed by atoms with E-state index in [0.29, 0.717) is 0 Å². The number of hydrogen-bond donors (Lipinski definition) is 0. The lowest BCUT2D eigenvalue weighted by Crippen LogP contribution is -1.94. The van der Waals surface area contributed by atoms with Gasteiger partial charge in [-0.2, -0.15) is 0 Å². The van der Waals surface area contributed by atoms with Crippen LogP contribution < -0.4 is 0 Å². The van der Waals surface area contributed by atoms with Crippen molar-refractivity contribution in [2.45, 2.75) is 6.92 Å². The number of carbonyl (C=O) groups is 2. The largest absolute Gasteiger partial charge is 0.422 e. The highest BCUT2D eigenvalue weighted by Crippen LogP contribution is 2.19. The van der Waals surface area contributed by atoms with Crippen LogP contribution in [0.2, 0.25) is 0 Å². The molecule has 0 bridgehead atoms. The Balaban J connectivity index is 2.83. The smallest absolute Gasteiger partial charge is 0.355 e. The van der Waals surface area contributed by atoms with E-state index in [4.69, 9.17) is 11.6 Å². The van der Waals surface area contributed by atoms with Crippen molar-refractivity contribution in [1.82, 2.24) is 0 Å². The third kappa shape index (κ3) is 1.91. The van der Waals surface area contributed by atoms with Gasteiger partial charge in [-0.3, -0.25) is 4.79 Å². The first kappa shape index (κ1) is 8.01. The lowest BCUT2D eigenvalue weighted by atomic mass is 10.3. The summed E-state index contributed by atoms with van der Waals surface area (Å²) in [7, 11) is 0. The van der Waals surface area contributed by atoms with Gasteiger partial charge in [0.2, 0.25) is 0 Å². The summed E-state index contributed by atoms with van der Waals surface area (Å²) in [6.07, 6.45) is 2.51. The summed E-state index contributed by atoms with van der Waals surface area (Å²) in [5.74, 6) is -0.595. The topological polar surface area (TPSA) is 43.4 Å². The molecule has 4 heteroatoms. The molecule has 0 aromatic rings. The van der Waals surface area contributed by atoms with Crippen molar-refractivity contribution in [2.75, 3.05) is 0 Å². The van der Waals surface area contributed by atoms with Crippen LogP contribution in [0, 0.1) is 0 Å². The van der Waals surface area contributed by atoms with Gasteiger partial charge in [-0.1, -0.05) is 11.6 Å². The normalized spacial score (nSPS) is 20.0. The van der Waals surface area contributed by atoms with E-state index in [1.807, 2.05) is 0 Å². The molecule has 1 rings (SSSR count). The Morgan fingerprint density at radius 2 is 2.36 bits per heavy atom. The van der Waals surface area contributed by atoms with Crippen LogP contribution in [0.1, 0.15) is 6.92 Å². The standard InChI is InChI=1S/C7H5ClO3/c1-4(9)2-5-3-6(8)7(10)11-5/h2-3H,1H3/b5-2+. The molecule has 0 amide bonds. The molecule has 1 heterocycles. The van der Waals surface area contributed by atoms with Crippen LogP contribution in [-0.2, 0) is 14.3 Å². The van der Waals surface area contributed by atoms with Crippen molar-refractivity contribution in [1.29, 1.82) is 0 Å². The maximum absolute atomic E-state index is 10.6. The second-order valence-electron chi connectivity index (χ2n) is 2.04. The minimum atomic E-state index is -0.612. The van der Waals surface area contributed by atoms with Crippen molar-refractivity contribution in [3.8, 4) is 0 Å². The van der Waals surface area contributed by atoms with E-state index in [1.54, 1.807) is 0 Å². The fourth-order valence-electron chi connectivity index (χ4n) is 0.641. The van der Waals surface area contributed by atoms with Crippen LogP contribution in [0.25, 0.3) is 0 Å². The third-order valence-corrected chi connectivity index (χ3v) is 1.28. The molecule has 0 unspecified atom stereocenters. The van der Waals surface area contributed by atoms with E-state index >= 15 is 0 Å². The van der Waals surface area contributed by atoms with Crippen LogP contribution in [-0.4, -0.2) is 11.8 Å². The number of hydrogen-bond acceptors (Lipinski definition) is 3. The molecule has 0 spiro atoms. The minimum Gasteiger partial charge on any atom is -0.422 e. The summed E-state index contributed by atoms with van der Waals surface area (Å²) in [6, 6.07) is 0. The maximum atomic E-state index is 10.6. The lowest BCUT2D eigenvalue weighted by Gasteiger charge is -1.91. The van der Waals surface area contributed by atoms with Crippen molar-refractivity contribution < 1.29 is 14.3 Å². The van der Waals surface area contributed by atoms with Gasteiger partial charge in [0.15, 0.2) is 5.78 Å². The Morgan fingerprint density at radius 3 is 2.73 bits per heavy atom. The van der Waals surface area contributed by atoms with Crippen molar-refractivity contribution >= 4 is 23.4 Å². The molecule has 0 aromatic carbocycles. The first-order valence-corrected chi connectivity index (χ1v) is 3.29. The van der Waals surface area contributed by atoms with Gasteiger partial charge in [-0.15, -0.1) is 0 Å². The van der Waals surface area contributed by atoms with Crippen molar-refractivity contribution in [3.63, 3.8) is 0 Å². The highest BCUT2D eigenvalue weighted by atomic mass is 35.5. The summed E-state index contributed by atoms with van der Waals surface area (Å²) in [6.45, 7) is 1.36. The van der Waals surface area contributed by atoms with Crippen LogP contribution in [0.5, 0.6) is 0 Å². The average Bonchev–Trinajstić information content (AvgIpc) is 2.10. The molecule has 0 aliphatic carbocycles. The molecule has 1 aliphatic heterocycles. The predicted octanol–water partition coefficient (Wildman–Crippen LogP) is 1.14. The zero-order valence-corrected chi connectivity index (χ0v) is 6.51. The summed E-state index contributed by atoms with van der Waals surface area (Å²) in [5.41, 5.74) is 0. The minimum absolute atomic E-state index is 0.00231. The Bertz CT molecular complexity index is 275. The van der Waals surface area contributed by atoms with Crippen LogP contribution in [0.4, 0.5) is 0 Å². The zero-order chi connectivity index (χ0) is 8.43. The van der Waals surface area contributed by atoms with Gasteiger partial charge in [-0.05, 0) is 6.92 Å². The summed E-state index contributed by atoms with van der Waals surface area (Å²) in [5, 5.41) is -0.00231. The quantitative estimate of drug-likeness (QED) is 0.440. The van der Waals surface area contributed by atoms with E-state index < -0.39 is 5.97 Å². The Hall–Kier alpha value is -1.09. The number of rotatable bonds is 1. The molecule has 1 aliphatic rings. The molecule has 0 saturated carbocycles. The number of esters is 1. The fourth-order valence-corrected chi connectivity index (χ4v) is 0.787. The molecule has 0 atom stereocenters. The number of ketones is 1. The summed E-state index contributed by atoms with van der Waals surface area (Å²) >= 11 is 5.38. The number of halogens is 1. The van der Waals surface area contributed by atoms with Gasteiger partial charge in [-0.25, -0.2) is 4.79 Å². The Kier molecular flexibility index (Phi) is 2.10. The molecule has 0 aromatic heterocycles. The van der Waals surface area contributed by atoms with Crippen molar-refractivity contribution in [2.24, 2.45) is 0 Å². The molecule has 0 saturated heterocycles. The lowest BCUT2D eigenvalue weighted by molar-refractivity contribution is -0.132. The Labute approximate surface area is 68.3 Å². The number of ether oxygens (including phenoxy) is 1. The second kappa shape index (κ2) is 2.88. The van der Waals surface area contributed by atoms with E-state index in [0.717, 1.165) is 0 Å². The SMILES string of the molecule is CC(=O)/C=C1\C=C(Cl)C(=O)O1. The molecule has 0 fully saturated rings. The first-order chi connectivity index (χ1) is 5.09. The monoisotopic (exact) mass is 172 g/mol. The number of allylic oxidation sites excluding steroid dienone is 2. The van der Waals surface area contributed by atoms with Crippen molar-refractivity contribution in [3.05, 3.63) is 22.9 Å². The molecule has 58 valence electrons. The van der Waals surface area contributed by atoms with Gasteiger partial charge in [0.25, 0.3) is 0 Å². The van der Waals surface area contributed by atoms with Crippen LogP contribution in [0.3, 0.4) is 0 Å². The zero-order valence-electron chi connectivity index (χ0n) is 5.76. The van der Waals surface area contributed by atoms with Crippen LogP contribution >= 0.6 is 11.6 Å². The molecular formula is C7H5ClO3. The first-order valence-electron chi connectivity index (χ1n) is 2.91. The van der Waals surface area contributed by atoms with E-state index in [1.165, 1.54) is 19.1 Å². The summed E-state index contributed by atoms with van der Waals surface area (Å²) in [4.78, 5) is 21.1. The van der Waals surface area contributed by atoms with Gasteiger partial charge in [0.1, 0.15) is 10.8 Å². The highest BCUT2D eigenvalue weighted by Gasteiger charge is 2.18. The molecule has 0 radical (unpaired) electrons. The number of carbonyl (C=O) groups excluding carboxylic acids is 2. The number of cyclic esters (lactones) is 1. The van der Waals surface area contributed by atoms with E-state index in [9.17, 15) is 9.59 Å². The Morgan fingerprint density at radius 1 is 1.73 bits per heavy atom. The predicted molar refractivity (Wildman–Crippen MR) is 38.8 cm³/mol. The summed E-state index contributed by atoms with van der Waals surface area (Å²) < 4.78 is 4.56. The molecule has 3 nitrogen and oxygen atoms in total. The van der Waals surface area contributed by atoms with E-state index in [-0.39, 0.29) is 16.6 Å². The van der Waals surface area contributed by atoms with Gasteiger partial charge < -0.3 is 4.74 Å². The maximum Gasteiger partial charge on any atom is 0.355 e. The van der Waals surface area contributed by atoms with Gasteiger partial charge in [0.05, 0.1) is 0 Å². The molecule has 11 heavy (non-hydrogen) atoms.